The molecule has 0 aliphatic heterocycles. The maximum Gasteiger partial charge on any atom is 0.227 e. The van der Waals surface area contributed by atoms with Crippen LogP contribution >= 0.6 is 0 Å². The molecule has 6 nitrogen and oxygen atoms in total. The summed E-state index contributed by atoms with van der Waals surface area (Å²) in [6, 6.07) is 9.49. The van der Waals surface area contributed by atoms with Gasteiger partial charge in [0.05, 0.1) is 6.54 Å². The van der Waals surface area contributed by atoms with Gasteiger partial charge in [-0.25, -0.2) is 4.98 Å². The van der Waals surface area contributed by atoms with Gasteiger partial charge < -0.3 is 9.73 Å². The molecule has 0 atom stereocenters. The molecular weight excluding hydrogens is 316 g/mol. The number of nitrogens with zero attached hydrogens (tertiary/aromatic N) is 3. The zero-order chi connectivity index (χ0) is 17.2. The maximum atomic E-state index is 12.0. The van der Waals surface area contributed by atoms with E-state index in [4.69, 9.17) is 4.42 Å². The van der Waals surface area contributed by atoms with Gasteiger partial charge in [0.1, 0.15) is 11.5 Å². The lowest BCUT2D eigenvalue weighted by molar-refractivity contribution is -0.122. The molecule has 1 fully saturated rings. The zero-order valence-corrected chi connectivity index (χ0v) is 14.1. The lowest BCUT2D eigenvalue weighted by Gasteiger charge is -2.24. The molecule has 0 unspecified atom stereocenters. The summed E-state index contributed by atoms with van der Waals surface area (Å²) in [7, 11) is 0. The smallest absolute Gasteiger partial charge is 0.227 e. The first-order valence-corrected chi connectivity index (χ1v) is 8.54. The summed E-state index contributed by atoms with van der Waals surface area (Å²) in [4.78, 5) is 16.6. The molecule has 4 rings (SSSR count). The van der Waals surface area contributed by atoms with Crippen molar-refractivity contribution in [2.75, 3.05) is 5.32 Å². The molecule has 25 heavy (non-hydrogen) atoms. The van der Waals surface area contributed by atoms with E-state index in [2.05, 4.69) is 15.4 Å². The first-order chi connectivity index (χ1) is 12.2. The highest BCUT2D eigenvalue weighted by molar-refractivity contribution is 5.93. The van der Waals surface area contributed by atoms with E-state index >= 15 is 0 Å². The standard InChI is InChI=1S/C19H20N4O2/c1-13-17(12-23-11-3-10-20-23)22-19(25-13)15-6-8-16(9-7-15)21-18(24)14-4-2-5-14/h3,6-11,14H,2,4-5,12H2,1H3,(H,21,24). The van der Waals surface area contributed by atoms with Crippen LogP contribution < -0.4 is 5.32 Å². The van der Waals surface area contributed by atoms with Crippen molar-refractivity contribution in [3.63, 3.8) is 0 Å². The van der Waals surface area contributed by atoms with Crippen molar-refractivity contribution < 1.29 is 9.21 Å². The van der Waals surface area contributed by atoms with Gasteiger partial charge in [-0.3, -0.25) is 9.48 Å². The summed E-state index contributed by atoms with van der Waals surface area (Å²) in [5, 5.41) is 7.16. The van der Waals surface area contributed by atoms with Crippen LogP contribution in [0.4, 0.5) is 5.69 Å². The Balaban J connectivity index is 1.47. The second-order valence-corrected chi connectivity index (χ2v) is 6.42. The SMILES string of the molecule is Cc1oc(-c2ccc(NC(=O)C3CCC3)cc2)nc1Cn1cccn1. The molecule has 1 amide bonds. The molecule has 2 aromatic heterocycles. The van der Waals surface area contributed by atoms with Crippen molar-refractivity contribution in [2.24, 2.45) is 5.92 Å². The van der Waals surface area contributed by atoms with Crippen LogP contribution in [-0.4, -0.2) is 20.7 Å². The largest absolute Gasteiger partial charge is 0.441 e. The Bertz CT molecular complexity index is 861. The van der Waals surface area contributed by atoms with Crippen LogP contribution in [0.5, 0.6) is 0 Å². The normalized spacial score (nSPS) is 14.3. The van der Waals surface area contributed by atoms with Gasteiger partial charge in [-0.2, -0.15) is 5.10 Å². The van der Waals surface area contributed by atoms with Crippen molar-refractivity contribution in [1.82, 2.24) is 14.8 Å². The van der Waals surface area contributed by atoms with Crippen molar-refractivity contribution >= 4 is 11.6 Å². The van der Waals surface area contributed by atoms with Gasteiger partial charge in [0, 0.05) is 29.6 Å². The molecule has 0 spiro atoms. The first kappa shape index (κ1) is 15.6. The van der Waals surface area contributed by atoms with Crippen LogP contribution in [-0.2, 0) is 11.3 Å². The third-order valence-electron chi connectivity index (χ3n) is 4.64. The Morgan fingerprint density at radius 1 is 1.32 bits per heavy atom. The van der Waals surface area contributed by atoms with E-state index in [0.29, 0.717) is 12.4 Å². The van der Waals surface area contributed by atoms with Crippen molar-refractivity contribution in [1.29, 1.82) is 0 Å². The molecular formula is C19H20N4O2. The molecule has 1 saturated carbocycles. The molecule has 1 aliphatic rings. The summed E-state index contributed by atoms with van der Waals surface area (Å²) in [5.41, 5.74) is 2.55. The van der Waals surface area contributed by atoms with Crippen molar-refractivity contribution in [3.8, 4) is 11.5 Å². The predicted octanol–water partition coefficient (Wildman–Crippen LogP) is 3.63. The van der Waals surface area contributed by atoms with Gasteiger partial charge in [0.15, 0.2) is 0 Å². The highest BCUT2D eigenvalue weighted by Crippen LogP contribution is 2.28. The number of aryl methyl sites for hydroxylation is 1. The number of hydrogen-bond acceptors (Lipinski definition) is 4. The van der Waals surface area contributed by atoms with Gasteiger partial charge in [0.25, 0.3) is 0 Å². The molecule has 6 heteroatoms. The molecule has 0 bridgehead atoms. The highest BCUT2D eigenvalue weighted by atomic mass is 16.4. The number of carbonyl (C=O) groups is 1. The number of oxazole rings is 1. The average molecular weight is 336 g/mol. The monoisotopic (exact) mass is 336 g/mol. The molecule has 0 saturated heterocycles. The minimum Gasteiger partial charge on any atom is -0.441 e. The van der Waals surface area contributed by atoms with Gasteiger partial charge in [-0.15, -0.1) is 0 Å². The Hall–Kier alpha value is -2.89. The van der Waals surface area contributed by atoms with E-state index in [-0.39, 0.29) is 11.8 Å². The van der Waals surface area contributed by atoms with Crippen LogP contribution in [0.15, 0.2) is 47.1 Å². The summed E-state index contributed by atoms with van der Waals surface area (Å²) >= 11 is 0. The van der Waals surface area contributed by atoms with Crippen molar-refractivity contribution in [2.45, 2.75) is 32.7 Å². The van der Waals surface area contributed by atoms with Gasteiger partial charge in [0.2, 0.25) is 11.8 Å². The van der Waals surface area contributed by atoms with Crippen LogP contribution in [0.2, 0.25) is 0 Å². The molecule has 1 aromatic carbocycles. The number of aromatic nitrogens is 3. The zero-order valence-electron chi connectivity index (χ0n) is 14.1. The Morgan fingerprint density at radius 3 is 2.76 bits per heavy atom. The van der Waals surface area contributed by atoms with Crippen LogP contribution in [0, 0.1) is 12.8 Å². The number of carbonyl (C=O) groups excluding carboxylic acids is 1. The van der Waals surface area contributed by atoms with E-state index in [0.717, 1.165) is 42.0 Å². The van der Waals surface area contributed by atoms with E-state index in [1.165, 1.54) is 0 Å². The lowest BCUT2D eigenvalue weighted by Crippen LogP contribution is -2.27. The van der Waals surface area contributed by atoms with E-state index in [1.54, 1.807) is 6.20 Å². The topological polar surface area (TPSA) is 73.0 Å². The quantitative estimate of drug-likeness (QED) is 0.772. The van der Waals surface area contributed by atoms with Crippen LogP contribution in [0.25, 0.3) is 11.5 Å². The van der Waals surface area contributed by atoms with Crippen molar-refractivity contribution in [3.05, 3.63) is 54.2 Å². The molecule has 3 aromatic rings. The highest BCUT2D eigenvalue weighted by Gasteiger charge is 2.25. The summed E-state index contributed by atoms with van der Waals surface area (Å²) in [5.74, 6) is 1.66. The number of amides is 1. The number of rotatable bonds is 5. The van der Waals surface area contributed by atoms with Gasteiger partial charge in [-0.1, -0.05) is 6.42 Å². The van der Waals surface area contributed by atoms with Gasteiger partial charge >= 0.3 is 0 Å². The Morgan fingerprint density at radius 2 is 2.12 bits per heavy atom. The maximum absolute atomic E-state index is 12.0. The number of hydrogen-bond donors (Lipinski definition) is 1. The molecule has 2 heterocycles. The second kappa shape index (κ2) is 6.55. The second-order valence-electron chi connectivity index (χ2n) is 6.42. The first-order valence-electron chi connectivity index (χ1n) is 8.54. The number of nitrogens with one attached hydrogen (secondary N) is 1. The predicted molar refractivity (Wildman–Crippen MR) is 94.0 cm³/mol. The summed E-state index contributed by atoms with van der Waals surface area (Å²) < 4.78 is 7.61. The van der Waals surface area contributed by atoms with E-state index in [9.17, 15) is 4.79 Å². The molecule has 1 N–H and O–H groups in total. The minimum atomic E-state index is 0.118. The molecule has 128 valence electrons. The molecule has 0 radical (unpaired) electrons. The Kier molecular flexibility index (Phi) is 4.09. The fourth-order valence-electron chi connectivity index (χ4n) is 2.86. The van der Waals surface area contributed by atoms with E-state index < -0.39 is 0 Å². The summed E-state index contributed by atoms with van der Waals surface area (Å²) in [6.07, 6.45) is 6.79. The van der Waals surface area contributed by atoms with Gasteiger partial charge in [-0.05, 0) is 50.1 Å². The fraction of sp³-hybridized carbons (Fsp3) is 0.316. The molecule has 1 aliphatic carbocycles. The number of benzene rings is 1. The van der Waals surface area contributed by atoms with E-state index in [1.807, 2.05) is 48.1 Å². The summed E-state index contributed by atoms with van der Waals surface area (Å²) in [6.45, 7) is 2.49. The Labute approximate surface area is 145 Å². The van der Waals surface area contributed by atoms with Crippen LogP contribution in [0.1, 0.15) is 30.7 Å². The number of anilines is 1. The van der Waals surface area contributed by atoms with Crippen LogP contribution in [0.3, 0.4) is 0 Å². The fourth-order valence-corrected chi connectivity index (χ4v) is 2.86. The lowest BCUT2D eigenvalue weighted by atomic mass is 9.85. The third kappa shape index (κ3) is 3.33. The minimum absolute atomic E-state index is 0.118. The average Bonchev–Trinajstić information content (AvgIpc) is 3.17. The third-order valence-corrected chi connectivity index (χ3v) is 4.64.